The van der Waals surface area contributed by atoms with E-state index in [1.54, 1.807) is 0 Å². The van der Waals surface area contributed by atoms with Crippen LogP contribution < -0.4 is 10.2 Å². The van der Waals surface area contributed by atoms with E-state index in [1.165, 1.54) is 28.2 Å². The van der Waals surface area contributed by atoms with Crippen LogP contribution in [-0.4, -0.2) is 31.6 Å². The third-order valence-electron chi connectivity index (χ3n) is 5.12. The van der Waals surface area contributed by atoms with Crippen LogP contribution in [0.4, 0.5) is 5.00 Å². The van der Waals surface area contributed by atoms with Crippen LogP contribution in [0.1, 0.15) is 46.6 Å². The summed E-state index contributed by atoms with van der Waals surface area (Å²) in [6, 6.07) is 10.5. The average Bonchev–Trinajstić information content (AvgIpc) is 3.03. The first-order valence-corrected chi connectivity index (χ1v) is 10.2. The Bertz CT molecular complexity index is 814. The Morgan fingerprint density at radius 1 is 1.26 bits per heavy atom. The van der Waals surface area contributed by atoms with Gasteiger partial charge in [0, 0.05) is 12.8 Å². The number of quaternary nitrogens is 1. The van der Waals surface area contributed by atoms with Crippen LogP contribution in [0.25, 0.3) is 0 Å². The third-order valence-corrected chi connectivity index (χ3v) is 6.26. The van der Waals surface area contributed by atoms with Gasteiger partial charge < -0.3 is 15.0 Å². The SMILES string of the molecule is COC(=O)c1c(NC(=O)CCc2ccccc2)sc2c1CC[NH+](C(C)C)C2. The van der Waals surface area contributed by atoms with Gasteiger partial charge in [-0.1, -0.05) is 30.3 Å². The van der Waals surface area contributed by atoms with Gasteiger partial charge in [-0.2, -0.15) is 0 Å². The maximum Gasteiger partial charge on any atom is 0.341 e. The van der Waals surface area contributed by atoms with Crippen molar-refractivity contribution < 1.29 is 19.2 Å². The minimum atomic E-state index is -0.362. The van der Waals surface area contributed by atoms with Crippen LogP contribution in [0.3, 0.4) is 0 Å². The molecular weight excluding hydrogens is 360 g/mol. The molecule has 6 heteroatoms. The van der Waals surface area contributed by atoms with Gasteiger partial charge in [-0.3, -0.25) is 4.79 Å². The van der Waals surface area contributed by atoms with E-state index in [-0.39, 0.29) is 11.9 Å². The van der Waals surface area contributed by atoms with Crippen molar-refractivity contribution in [1.29, 1.82) is 0 Å². The molecule has 0 fully saturated rings. The number of carbonyl (C=O) groups is 2. The largest absolute Gasteiger partial charge is 0.465 e. The molecule has 0 saturated carbocycles. The number of hydrogen-bond donors (Lipinski definition) is 2. The number of esters is 1. The molecule has 1 aromatic carbocycles. The summed E-state index contributed by atoms with van der Waals surface area (Å²) in [5, 5.41) is 3.60. The lowest BCUT2D eigenvalue weighted by molar-refractivity contribution is -0.936. The topological polar surface area (TPSA) is 59.8 Å². The van der Waals surface area contributed by atoms with Gasteiger partial charge in [0.05, 0.1) is 30.1 Å². The summed E-state index contributed by atoms with van der Waals surface area (Å²) in [7, 11) is 1.39. The fourth-order valence-corrected chi connectivity index (χ4v) is 4.79. The van der Waals surface area contributed by atoms with Crippen molar-refractivity contribution in [2.75, 3.05) is 19.0 Å². The summed E-state index contributed by atoms with van der Waals surface area (Å²) in [5.74, 6) is -0.436. The van der Waals surface area contributed by atoms with Gasteiger partial charge in [0.1, 0.15) is 11.5 Å². The number of ether oxygens (including phenoxy) is 1. The zero-order valence-electron chi connectivity index (χ0n) is 16.1. The lowest BCUT2D eigenvalue weighted by Gasteiger charge is -2.27. The van der Waals surface area contributed by atoms with Gasteiger partial charge in [0.15, 0.2) is 0 Å². The molecule has 2 N–H and O–H groups in total. The molecule has 1 atom stereocenters. The second kappa shape index (κ2) is 8.67. The molecule has 27 heavy (non-hydrogen) atoms. The molecule has 1 aliphatic heterocycles. The van der Waals surface area contributed by atoms with Crippen molar-refractivity contribution in [1.82, 2.24) is 0 Å². The number of carbonyl (C=O) groups excluding carboxylic acids is 2. The fraction of sp³-hybridized carbons (Fsp3) is 0.429. The number of anilines is 1. The number of methoxy groups -OCH3 is 1. The van der Waals surface area contributed by atoms with E-state index in [2.05, 4.69) is 19.2 Å². The number of nitrogens with one attached hydrogen (secondary N) is 2. The van der Waals surface area contributed by atoms with Gasteiger partial charge in [-0.15, -0.1) is 11.3 Å². The third kappa shape index (κ3) is 4.57. The van der Waals surface area contributed by atoms with Crippen LogP contribution in [0, 0.1) is 0 Å². The number of rotatable bonds is 6. The van der Waals surface area contributed by atoms with Crippen LogP contribution in [0.15, 0.2) is 30.3 Å². The highest BCUT2D eigenvalue weighted by Gasteiger charge is 2.31. The first-order valence-electron chi connectivity index (χ1n) is 9.40. The molecule has 1 amide bonds. The number of amides is 1. The standard InChI is InChI=1S/C21H26N2O3S/c1-14(2)23-12-11-16-17(13-23)27-20(19(16)21(25)26-3)22-18(24)10-9-15-7-5-4-6-8-15/h4-8,14H,9-13H2,1-3H3,(H,22,24)/p+1. The van der Waals surface area contributed by atoms with Gasteiger partial charge in [0.2, 0.25) is 5.91 Å². The molecule has 1 aromatic heterocycles. The number of hydrogen-bond acceptors (Lipinski definition) is 4. The van der Waals surface area contributed by atoms with E-state index in [0.717, 1.165) is 30.6 Å². The minimum absolute atomic E-state index is 0.0735. The second-order valence-corrected chi connectivity index (χ2v) is 8.33. The Hall–Kier alpha value is -2.18. The Kier molecular flexibility index (Phi) is 6.29. The predicted octanol–water partition coefficient (Wildman–Crippen LogP) is 2.46. The summed E-state index contributed by atoms with van der Waals surface area (Å²) in [5.41, 5.74) is 2.73. The summed E-state index contributed by atoms with van der Waals surface area (Å²) in [4.78, 5) is 27.5. The van der Waals surface area contributed by atoms with E-state index in [0.29, 0.717) is 29.4 Å². The van der Waals surface area contributed by atoms with Crippen molar-refractivity contribution in [2.24, 2.45) is 0 Å². The second-order valence-electron chi connectivity index (χ2n) is 7.22. The van der Waals surface area contributed by atoms with E-state index in [4.69, 9.17) is 4.74 Å². The average molecular weight is 388 g/mol. The number of fused-ring (bicyclic) bond motifs is 1. The molecule has 0 aliphatic carbocycles. The molecule has 0 bridgehead atoms. The van der Waals surface area contributed by atoms with E-state index in [1.807, 2.05) is 30.3 Å². The van der Waals surface area contributed by atoms with Gasteiger partial charge in [-0.25, -0.2) is 4.79 Å². The maximum absolute atomic E-state index is 12.5. The molecule has 0 radical (unpaired) electrons. The monoisotopic (exact) mass is 387 g/mol. The Morgan fingerprint density at radius 2 is 2.00 bits per heavy atom. The van der Waals surface area contributed by atoms with E-state index in [9.17, 15) is 9.59 Å². The first-order chi connectivity index (χ1) is 13.0. The van der Waals surface area contributed by atoms with Crippen LogP contribution >= 0.6 is 11.3 Å². The number of thiophene rings is 1. The number of aryl methyl sites for hydroxylation is 1. The van der Waals surface area contributed by atoms with Crippen LogP contribution in [0.5, 0.6) is 0 Å². The predicted molar refractivity (Wildman–Crippen MR) is 107 cm³/mol. The number of benzene rings is 1. The molecule has 5 nitrogen and oxygen atoms in total. The maximum atomic E-state index is 12.5. The normalized spacial score (nSPS) is 16.1. The van der Waals surface area contributed by atoms with Crippen molar-refractivity contribution in [2.45, 2.75) is 45.7 Å². The molecule has 1 aliphatic rings. The Balaban J connectivity index is 1.76. The molecule has 1 unspecified atom stereocenters. The quantitative estimate of drug-likeness (QED) is 0.749. The van der Waals surface area contributed by atoms with Crippen molar-refractivity contribution in [3.63, 3.8) is 0 Å². The van der Waals surface area contributed by atoms with Crippen LogP contribution in [0.2, 0.25) is 0 Å². The summed E-state index contributed by atoms with van der Waals surface area (Å²) >= 11 is 1.52. The molecule has 0 saturated heterocycles. The van der Waals surface area contributed by atoms with E-state index >= 15 is 0 Å². The molecule has 2 heterocycles. The molecular formula is C21H27N2O3S+. The van der Waals surface area contributed by atoms with Crippen molar-refractivity contribution in [3.05, 3.63) is 51.9 Å². The lowest BCUT2D eigenvalue weighted by Crippen LogP contribution is -3.14. The van der Waals surface area contributed by atoms with Crippen LogP contribution in [-0.2, 0) is 28.9 Å². The Labute approximate surface area is 164 Å². The van der Waals surface area contributed by atoms with Gasteiger partial charge in [-0.05, 0) is 31.4 Å². The van der Waals surface area contributed by atoms with Gasteiger partial charge >= 0.3 is 5.97 Å². The fourth-order valence-electron chi connectivity index (χ4n) is 3.49. The Morgan fingerprint density at radius 3 is 2.67 bits per heavy atom. The van der Waals surface area contributed by atoms with Gasteiger partial charge in [0.25, 0.3) is 0 Å². The summed E-state index contributed by atoms with van der Waals surface area (Å²) in [6.45, 7) is 6.30. The summed E-state index contributed by atoms with van der Waals surface area (Å²) < 4.78 is 5.00. The zero-order valence-corrected chi connectivity index (χ0v) is 16.9. The zero-order chi connectivity index (χ0) is 19.4. The molecule has 3 rings (SSSR count). The highest BCUT2D eigenvalue weighted by molar-refractivity contribution is 7.17. The lowest BCUT2D eigenvalue weighted by atomic mass is 10.0. The van der Waals surface area contributed by atoms with E-state index < -0.39 is 0 Å². The smallest absolute Gasteiger partial charge is 0.341 e. The highest BCUT2D eigenvalue weighted by atomic mass is 32.1. The molecule has 2 aromatic rings. The first kappa shape index (κ1) is 19.6. The molecule has 0 spiro atoms. The summed E-state index contributed by atoms with van der Waals surface area (Å²) in [6.07, 6.45) is 1.90. The molecule has 144 valence electrons. The minimum Gasteiger partial charge on any atom is -0.465 e. The van der Waals surface area contributed by atoms with Crippen molar-refractivity contribution >= 4 is 28.2 Å². The van der Waals surface area contributed by atoms with Crippen molar-refractivity contribution in [3.8, 4) is 0 Å². The highest BCUT2D eigenvalue weighted by Crippen LogP contribution is 2.35.